The minimum atomic E-state index is -1.74. The molecular weight excluding hydrogens is 464 g/mol. The van der Waals surface area contributed by atoms with Crippen LogP contribution in [0.3, 0.4) is 0 Å². The number of rotatable bonds is 3. The number of imide groups is 1. The molecule has 0 fully saturated rings. The van der Waals surface area contributed by atoms with E-state index in [0.717, 1.165) is 23.1 Å². The zero-order valence-electron chi connectivity index (χ0n) is 19.1. The molecule has 0 saturated heterocycles. The van der Waals surface area contributed by atoms with Gasteiger partial charge in [-0.25, -0.2) is 9.59 Å². The summed E-state index contributed by atoms with van der Waals surface area (Å²) >= 11 is 0.889. The number of hydrogen-bond acceptors (Lipinski definition) is 10. The Balaban J connectivity index is 1.88. The molecule has 34 heavy (non-hydrogen) atoms. The van der Waals surface area contributed by atoms with Gasteiger partial charge in [0.05, 0.1) is 23.9 Å². The van der Waals surface area contributed by atoms with E-state index in [-0.39, 0.29) is 28.7 Å². The molecule has 0 saturated carbocycles. The summed E-state index contributed by atoms with van der Waals surface area (Å²) in [6, 6.07) is 0. The van der Waals surface area contributed by atoms with Crippen molar-refractivity contribution in [2.24, 2.45) is 20.0 Å². The lowest BCUT2D eigenvalue weighted by Crippen LogP contribution is -2.47. The van der Waals surface area contributed by atoms with Gasteiger partial charge in [-0.05, 0) is 39.6 Å². The summed E-state index contributed by atoms with van der Waals surface area (Å²) in [7, 11) is 1.56. The molecule has 2 amide bonds. The number of amidine groups is 1. The van der Waals surface area contributed by atoms with E-state index in [9.17, 15) is 24.6 Å². The molecule has 2 N–H and O–H groups in total. The van der Waals surface area contributed by atoms with Crippen LogP contribution in [0.2, 0.25) is 0 Å². The Kier molecular flexibility index (Phi) is 5.67. The van der Waals surface area contributed by atoms with E-state index in [1.165, 1.54) is 5.12 Å². The van der Waals surface area contributed by atoms with Crippen molar-refractivity contribution in [2.45, 2.75) is 34.2 Å². The van der Waals surface area contributed by atoms with Gasteiger partial charge in [-0.1, -0.05) is 0 Å². The van der Waals surface area contributed by atoms with Gasteiger partial charge < -0.3 is 14.9 Å². The fraction of sp³-hybridized carbons (Fsp3) is 0.381. The normalized spacial score (nSPS) is 18.6. The SMILES string of the molecule is COc1c(C)cnc(CN2N=C3C(N(C(=O)O)C(=O)O)=NSCC4=C3C(=N2)C(C)(C)C4=O)c1C. The molecule has 0 atom stereocenters. The first-order valence-corrected chi connectivity index (χ1v) is 11.1. The zero-order valence-corrected chi connectivity index (χ0v) is 19.9. The Bertz CT molecular complexity index is 1250. The molecule has 3 heterocycles. The quantitative estimate of drug-likeness (QED) is 0.613. The van der Waals surface area contributed by atoms with E-state index in [1.807, 2.05) is 13.8 Å². The maximum Gasteiger partial charge on any atom is 0.422 e. The summed E-state index contributed by atoms with van der Waals surface area (Å²) in [6.07, 6.45) is -1.82. The van der Waals surface area contributed by atoms with E-state index >= 15 is 0 Å². The predicted molar refractivity (Wildman–Crippen MR) is 124 cm³/mol. The lowest BCUT2D eigenvalue weighted by molar-refractivity contribution is -0.119. The summed E-state index contributed by atoms with van der Waals surface area (Å²) in [5.74, 6) is 0.215. The van der Waals surface area contributed by atoms with Gasteiger partial charge in [0.1, 0.15) is 18.0 Å². The highest BCUT2D eigenvalue weighted by atomic mass is 32.2. The number of ether oxygens (including phenoxy) is 1. The van der Waals surface area contributed by atoms with Crippen molar-refractivity contribution in [3.8, 4) is 5.75 Å². The first-order valence-electron chi connectivity index (χ1n) is 10.2. The van der Waals surface area contributed by atoms with Gasteiger partial charge in [-0.2, -0.15) is 24.6 Å². The van der Waals surface area contributed by atoms with Crippen LogP contribution in [0.15, 0.2) is 31.9 Å². The van der Waals surface area contributed by atoms with E-state index < -0.39 is 23.4 Å². The molecule has 0 aromatic carbocycles. The molecule has 0 unspecified atom stereocenters. The van der Waals surface area contributed by atoms with Gasteiger partial charge in [-0.3, -0.25) is 9.78 Å². The predicted octanol–water partition coefficient (Wildman–Crippen LogP) is 2.86. The number of aromatic nitrogens is 1. The van der Waals surface area contributed by atoms with Crippen molar-refractivity contribution < 1.29 is 29.3 Å². The molecule has 4 rings (SSSR count). The van der Waals surface area contributed by atoms with Crippen molar-refractivity contribution in [1.29, 1.82) is 0 Å². The minimum absolute atomic E-state index is 0.0366. The van der Waals surface area contributed by atoms with Crippen LogP contribution in [-0.2, 0) is 11.3 Å². The lowest BCUT2D eigenvalue weighted by atomic mass is 9.85. The highest BCUT2D eigenvalue weighted by molar-refractivity contribution is 7.98. The molecule has 0 radical (unpaired) electrons. The maximum atomic E-state index is 13.2. The number of methoxy groups -OCH3 is 1. The summed E-state index contributed by atoms with van der Waals surface area (Å²) in [5, 5.41) is 29.4. The van der Waals surface area contributed by atoms with Gasteiger partial charge in [0.15, 0.2) is 11.6 Å². The topological polar surface area (TPSA) is 157 Å². The number of ketones is 1. The standard InChI is InChI=1S/C21H22N6O6S/c1-9-6-22-12(10(2)15(9)33-5)7-26-23-14-13-11(17(28)21(3,4)16(13)24-26)8-34-25-18(14)27(19(29)30)20(31)32/h6H,7-8H2,1-5H3,(H,29,30)(H,31,32). The second-order valence-electron chi connectivity index (χ2n) is 8.37. The number of carboxylic acid groups (broad SMARTS) is 2. The average molecular weight is 487 g/mol. The Morgan fingerprint density at radius 3 is 2.53 bits per heavy atom. The minimum Gasteiger partial charge on any atom is -0.496 e. The van der Waals surface area contributed by atoms with E-state index in [2.05, 4.69) is 19.6 Å². The first-order chi connectivity index (χ1) is 16.0. The van der Waals surface area contributed by atoms with Gasteiger partial charge in [0, 0.05) is 34.2 Å². The largest absolute Gasteiger partial charge is 0.496 e. The monoisotopic (exact) mass is 486 g/mol. The molecule has 3 aliphatic rings. The molecule has 1 aliphatic carbocycles. The summed E-state index contributed by atoms with van der Waals surface area (Å²) in [4.78, 5) is 41.3. The average Bonchev–Trinajstić information content (AvgIpc) is 2.87. The highest BCUT2D eigenvalue weighted by Gasteiger charge is 2.51. The number of hydrogen-bond donors (Lipinski definition) is 2. The molecule has 178 valence electrons. The van der Waals surface area contributed by atoms with Crippen LogP contribution < -0.4 is 4.74 Å². The third-order valence-electron chi connectivity index (χ3n) is 5.85. The number of pyridine rings is 1. The van der Waals surface area contributed by atoms with E-state index in [4.69, 9.17) is 4.74 Å². The highest BCUT2D eigenvalue weighted by Crippen LogP contribution is 2.42. The van der Waals surface area contributed by atoms with Gasteiger partial charge in [0.2, 0.25) is 0 Å². The number of amides is 2. The summed E-state index contributed by atoms with van der Waals surface area (Å²) in [5.41, 5.74) is 2.26. The molecule has 1 aromatic heterocycles. The number of carbonyl (C=O) groups is 3. The van der Waals surface area contributed by atoms with Crippen LogP contribution in [0.5, 0.6) is 5.75 Å². The molecule has 13 heteroatoms. The van der Waals surface area contributed by atoms with Crippen molar-refractivity contribution >= 4 is 47.2 Å². The summed E-state index contributed by atoms with van der Waals surface area (Å²) < 4.78 is 9.57. The maximum absolute atomic E-state index is 13.2. The second kappa shape index (κ2) is 8.24. The van der Waals surface area contributed by atoms with E-state index in [0.29, 0.717) is 28.3 Å². The molecular formula is C21H22N6O6S. The van der Waals surface area contributed by atoms with E-state index in [1.54, 1.807) is 27.2 Å². The first kappa shape index (κ1) is 23.4. The smallest absolute Gasteiger partial charge is 0.422 e. The molecule has 2 aliphatic heterocycles. The number of carbonyl (C=O) groups excluding carboxylic acids is 1. The second-order valence-corrected chi connectivity index (χ2v) is 9.10. The molecule has 0 bridgehead atoms. The van der Waals surface area contributed by atoms with Crippen LogP contribution in [0, 0.1) is 19.3 Å². The Hall–Kier alpha value is -3.74. The number of Topliss-reactive ketones (excluding diaryl/α,β-unsaturated/α-hetero) is 1. The van der Waals surface area contributed by atoms with Crippen LogP contribution in [-0.4, -0.2) is 73.3 Å². The molecule has 12 nitrogen and oxygen atoms in total. The van der Waals surface area contributed by atoms with Crippen LogP contribution in [0.1, 0.15) is 30.7 Å². The lowest BCUT2D eigenvalue weighted by Gasteiger charge is -2.28. The third-order valence-corrected chi connectivity index (χ3v) is 6.57. The molecule has 0 spiro atoms. The number of hydrazone groups is 2. The number of aryl methyl sites for hydroxylation is 1. The summed E-state index contributed by atoms with van der Waals surface area (Å²) in [6.45, 7) is 7.22. The van der Waals surface area contributed by atoms with Crippen LogP contribution >= 0.6 is 11.9 Å². The Morgan fingerprint density at radius 2 is 1.91 bits per heavy atom. The van der Waals surface area contributed by atoms with Gasteiger partial charge >= 0.3 is 12.2 Å². The Morgan fingerprint density at radius 1 is 1.24 bits per heavy atom. The van der Waals surface area contributed by atoms with Crippen molar-refractivity contribution in [2.75, 3.05) is 12.9 Å². The fourth-order valence-corrected chi connectivity index (χ4v) is 4.89. The third kappa shape index (κ3) is 3.52. The Labute approximate surface area is 198 Å². The van der Waals surface area contributed by atoms with Crippen LogP contribution in [0.4, 0.5) is 9.59 Å². The van der Waals surface area contributed by atoms with Gasteiger partial charge in [0.25, 0.3) is 0 Å². The number of nitrogens with zero attached hydrogens (tertiary/aromatic N) is 6. The van der Waals surface area contributed by atoms with Crippen molar-refractivity contribution in [3.05, 3.63) is 34.2 Å². The zero-order chi connectivity index (χ0) is 24.9. The fourth-order valence-electron chi connectivity index (χ4n) is 4.13. The van der Waals surface area contributed by atoms with Crippen molar-refractivity contribution in [1.82, 2.24) is 15.0 Å². The van der Waals surface area contributed by atoms with Crippen molar-refractivity contribution in [3.63, 3.8) is 0 Å². The van der Waals surface area contributed by atoms with Gasteiger partial charge in [-0.15, -0.1) is 0 Å². The molecule has 1 aromatic rings. The van der Waals surface area contributed by atoms with Crippen LogP contribution in [0.25, 0.3) is 0 Å².